The number of aldehydes is 1. The molecule has 2 atom stereocenters. The van der Waals surface area contributed by atoms with Crippen LogP contribution in [-0.2, 0) is 11.3 Å². The average molecular weight is 859 g/mol. The van der Waals surface area contributed by atoms with E-state index >= 15 is 0 Å². The number of hydrazone groups is 1. The number of rotatable bonds is 17. The van der Waals surface area contributed by atoms with Crippen LogP contribution >= 0.6 is 0 Å². The largest absolute Gasteiger partial charge is 0.482 e. The van der Waals surface area contributed by atoms with Crippen LogP contribution in [0.5, 0.6) is 5.75 Å². The standard InChI is InChI=1S/C48H59FN10O4/c1-5-6-10-44(47(61)51-3)55(4)48(62)42-28-40(13-11-37(42)32-60)58-19-15-34(16-20-58)30-56-21-23-57(24-22-56)31-35-8-7-9-36(25-35)38-26-45(46(50)52-29-38)63-33(2)41-27-39(49)12-14-43(41)59-53-17-18-54-59/h5,7-9,11-14,17,25-29,32-34,44,54H,1,6,10,15-16,18-24,30-31H2,2-4H3,(H2,50,52)(H,51,61). The van der Waals surface area contributed by atoms with Crippen molar-refractivity contribution in [3.05, 3.63) is 114 Å². The third kappa shape index (κ3) is 10.9. The number of hydrogen-bond acceptors (Lipinski definition) is 12. The minimum atomic E-state index is -0.670. The number of likely N-dealkylation sites (N-methyl/N-ethyl adjacent to an activating group) is 2. The van der Waals surface area contributed by atoms with Crippen LogP contribution < -0.4 is 31.2 Å². The van der Waals surface area contributed by atoms with E-state index in [0.717, 1.165) is 82.0 Å². The zero-order valence-electron chi connectivity index (χ0n) is 36.5. The summed E-state index contributed by atoms with van der Waals surface area (Å²) >= 11 is 0. The minimum Gasteiger partial charge on any atom is -0.482 e. The number of hydrogen-bond donors (Lipinski definition) is 3. The third-order valence-electron chi connectivity index (χ3n) is 12.4. The van der Waals surface area contributed by atoms with Crippen molar-refractivity contribution in [3.8, 4) is 16.9 Å². The second kappa shape index (κ2) is 20.8. The van der Waals surface area contributed by atoms with Crippen molar-refractivity contribution < 1.29 is 23.5 Å². The molecule has 2 unspecified atom stereocenters. The molecule has 14 nitrogen and oxygen atoms in total. The van der Waals surface area contributed by atoms with Gasteiger partial charge in [0.25, 0.3) is 5.91 Å². The van der Waals surface area contributed by atoms with E-state index in [1.807, 2.05) is 19.1 Å². The van der Waals surface area contributed by atoms with E-state index in [9.17, 15) is 18.8 Å². The van der Waals surface area contributed by atoms with Gasteiger partial charge in [0.15, 0.2) is 17.9 Å². The summed E-state index contributed by atoms with van der Waals surface area (Å²) in [4.78, 5) is 51.6. The lowest BCUT2D eigenvalue weighted by molar-refractivity contribution is -0.125. The second-order valence-electron chi connectivity index (χ2n) is 16.6. The molecule has 3 aliphatic rings. The first-order chi connectivity index (χ1) is 30.5. The number of carbonyl (C=O) groups is 3. The van der Waals surface area contributed by atoms with Crippen molar-refractivity contribution >= 4 is 41.5 Å². The van der Waals surface area contributed by atoms with E-state index < -0.39 is 12.1 Å². The van der Waals surface area contributed by atoms with Crippen molar-refractivity contribution in [2.75, 3.05) is 82.2 Å². The van der Waals surface area contributed by atoms with E-state index in [0.29, 0.717) is 59.7 Å². The summed E-state index contributed by atoms with van der Waals surface area (Å²) in [5.74, 6) is 0.276. The highest BCUT2D eigenvalue weighted by molar-refractivity contribution is 6.04. The van der Waals surface area contributed by atoms with Gasteiger partial charge in [-0.2, -0.15) is 10.2 Å². The molecule has 2 fully saturated rings. The van der Waals surface area contributed by atoms with Crippen LogP contribution in [0.25, 0.3) is 11.1 Å². The van der Waals surface area contributed by atoms with E-state index in [1.165, 1.54) is 22.6 Å². The van der Waals surface area contributed by atoms with Crippen LogP contribution in [0.4, 0.5) is 21.6 Å². The molecule has 15 heteroatoms. The van der Waals surface area contributed by atoms with Gasteiger partial charge >= 0.3 is 0 Å². The first-order valence-corrected chi connectivity index (χ1v) is 21.8. The number of hydrazine groups is 1. The molecule has 4 N–H and O–H groups in total. The molecule has 0 spiro atoms. The summed E-state index contributed by atoms with van der Waals surface area (Å²) in [6.45, 7) is 13.8. The summed E-state index contributed by atoms with van der Waals surface area (Å²) in [5.41, 5.74) is 15.4. The van der Waals surface area contributed by atoms with Crippen molar-refractivity contribution in [3.63, 3.8) is 0 Å². The number of halogens is 1. The Hall–Kier alpha value is -6.16. The molecule has 2 amide bonds. The molecule has 332 valence electrons. The third-order valence-corrected chi connectivity index (χ3v) is 12.4. The quantitative estimate of drug-likeness (QED) is 0.0858. The smallest absolute Gasteiger partial charge is 0.255 e. The number of nitrogens with two attached hydrogens (primary N) is 1. The predicted molar refractivity (Wildman–Crippen MR) is 246 cm³/mol. The SMILES string of the molecule is C=CCCC(C(=O)NC)N(C)C(=O)c1cc(N2CCC(CN3CCN(Cc4cccc(-c5cnc(N)c(OC(C)c6cc(F)ccc6N6N=CCN6)c5)c4)CC3)CC2)ccc1C=O. The van der Waals surface area contributed by atoms with Gasteiger partial charge in [-0.3, -0.25) is 19.3 Å². The first kappa shape index (κ1) is 44.9. The Morgan fingerprint density at radius 3 is 2.52 bits per heavy atom. The zero-order valence-corrected chi connectivity index (χ0v) is 36.5. The maximum atomic E-state index is 14.4. The minimum absolute atomic E-state index is 0.252. The van der Waals surface area contributed by atoms with Crippen molar-refractivity contribution in [2.45, 2.75) is 51.3 Å². The normalized spacial score (nSPS) is 17.0. The predicted octanol–water partition coefficient (Wildman–Crippen LogP) is 5.92. The van der Waals surface area contributed by atoms with Gasteiger partial charge in [0.1, 0.15) is 18.0 Å². The summed E-state index contributed by atoms with van der Waals surface area (Å²) < 4.78 is 20.7. The monoisotopic (exact) mass is 858 g/mol. The summed E-state index contributed by atoms with van der Waals surface area (Å²) in [6, 6.07) is 19.7. The summed E-state index contributed by atoms with van der Waals surface area (Å²) in [5, 5.41) is 8.59. The number of nitrogens with zero attached hydrogens (tertiary/aromatic N) is 7. The van der Waals surface area contributed by atoms with Gasteiger partial charge in [-0.05, 0) is 98.2 Å². The number of ether oxygens (including phenoxy) is 1. The van der Waals surface area contributed by atoms with E-state index in [2.05, 4.69) is 66.4 Å². The Morgan fingerprint density at radius 2 is 1.81 bits per heavy atom. The number of nitrogens with one attached hydrogen (secondary N) is 2. The van der Waals surface area contributed by atoms with Gasteiger partial charge in [0.05, 0.1) is 17.8 Å². The van der Waals surface area contributed by atoms with E-state index in [4.69, 9.17) is 10.5 Å². The molecular weight excluding hydrogens is 800 g/mol. The number of amides is 2. The Balaban J connectivity index is 0.903. The topological polar surface area (TPSA) is 152 Å². The molecule has 4 heterocycles. The van der Waals surface area contributed by atoms with Crippen LogP contribution in [0.15, 0.2) is 90.7 Å². The Bertz CT molecular complexity index is 2290. The molecule has 7 rings (SSSR count). The van der Waals surface area contributed by atoms with Gasteiger partial charge < -0.3 is 30.5 Å². The number of allylic oxidation sites excluding steroid dienone is 1. The molecule has 4 aromatic rings. The number of benzene rings is 3. The molecular formula is C48H59FN10O4. The van der Waals surface area contributed by atoms with Crippen molar-refractivity contribution in [1.82, 2.24) is 30.4 Å². The molecule has 3 aliphatic heterocycles. The summed E-state index contributed by atoms with van der Waals surface area (Å²) in [7, 11) is 3.17. The fourth-order valence-corrected chi connectivity index (χ4v) is 8.72. The molecule has 0 aliphatic carbocycles. The van der Waals surface area contributed by atoms with E-state index in [1.54, 1.807) is 55.9 Å². The lowest BCUT2D eigenvalue weighted by atomic mass is 9.95. The van der Waals surface area contributed by atoms with Crippen LogP contribution in [-0.4, -0.2) is 116 Å². The fourth-order valence-electron chi connectivity index (χ4n) is 8.72. The first-order valence-electron chi connectivity index (χ1n) is 21.8. The maximum absolute atomic E-state index is 14.4. The van der Waals surface area contributed by atoms with Crippen LogP contribution in [0.3, 0.4) is 0 Å². The number of carbonyl (C=O) groups excluding carboxylic acids is 3. The van der Waals surface area contributed by atoms with Gasteiger partial charge in [-0.1, -0.05) is 24.3 Å². The van der Waals surface area contributed by atoms with E-state index in [-0.39, 0.29) is 23.4 Å². The van der Waals surface area contributed by atoms with Crippen molar-refractivity contribution in [1.29, 1.82) is 0 Å². The average Bonchev–Trinajstić information content (AvgIpc) is 3.85. The summed E-state index contributed by atoms with van der Waals surface area (Å²) in [6.07, 6.45) is 8.49. The molecule has 2 saturated heterocycles. The molecule has 0 radical (unpaired) electrons. The number of nitrogen functional groups attached to an aromatic ring is 1. The highest BCUT2D eigenvalue weighted by Gasteiger charge is 2.30. The second-order valence-corrected chi connectivity index (χ2v) is 16.6. The fraction of sp³-hybridized carbons (Fsp3) is 0.396. The van der Waals surface area contributed by atoms with Crippen molar-refractivity contribution in [2.24, 2.45) is 11.0 Å². The maximum Gasteiger partial charge on any atom is 0.255 e. The van der Waals surface area contributed by atoms with Gasteiger partial charge in [0.2, 0.25) is 5.91 Å². The highest BCUT2D eigenvalue weighted by atomic mass is 19.1. The Morgan fingerprint density at radius 1 is 1.03 bits per heavy atom. The van der Waals surface area contributed by atoms with Gasteiger partial charge in [-0.15, -0.1) is 6.58 Å². The number of piperidine rings is 1. The lowest BCUT2D eigenvalue weighted by Gasteiger charge is -2.39. The number of pyridine rings is 1. The molecule has 63 heavy (non-hydrogen) atoms. The molecule has 0 saturated carbocycles. The lowest BCUT2D eigenvalue weighted by Crippen LogP contribution is -2.48. The number of aromatic nitrogens is 1. The molecule has 0 bridgehead atoms. The van der Waals surface area contributed by atoms with Crippen LogP contribution in [0.2, 0.25) is 0 Å². The zero-order chi connectivity index (χ0) is 44.5. The molecule has 1 aromatic heterocycles. The van der Waals surface area contributed by atoms with Gasteiger partial charge in [0, 0.05) is 101 Å². The Labute approximate surface area is 369 Å². The molecule has 3 aromatic carbocycles. The Kier molecular flexibility index (Phi) is 14.8. The highest BCUT2D eigenvalue weighted by Crippen LogP contribution is 2.35. The van der Waals surface area contributed by atoms with Crippen LogP contribution in [0, 0.1) is 11.7 Å². The number of anilines is 3. The number of piperazine rings is 1. The van der Waals surface area contributed by atoms with Crippen LogP contribution in [0.1, 0.15) is 70.6 Å². The van der Waals surface area contributed by atoms with Gasteiger partial charge in [-0.25, -0.2) is 14.8 Å².